The summed E-state index contributed by atoms with van der Waals surface area (Å²) in [4.78, 5) is 0. The Hall–Kier alpha value is 0.0838. The van der Waals surface area contributed by atoms with E-state index >= 15 is 0 Å². The highest BCUT2D eigenvalue weighted by atomic mass is 31.1. The van der Waals surface area contributed by atoms with E-state index in [1.807, 2.05) is 0 Å². The highest BCUT2D eigenvalue weighted by Gasteiger charge is 2.62. The summed E-state index contributed by atoms with van der Waals surface area (Å²) in [6, 6.07) is 11.6. The fourth-order valence-corrected chi connectivity index (χ4v) is 30.4. The van der Waals surface area contributed by atoms with Crippen molar-refractivity contribution in [3.63, 3.8) is 0 Å². The first-order valence-corrected chi connectivity index (χ1v) is 17.7. The van der Waals surface area contributed by atoms with Crippen molar-refractivity contribution in [3.05, 3.63) is 35.9 Å². The van der Waals surface area contributed by atoms with E-state index in [1.54, 1.807) is 5.56 Å². The topological polar surface area (TPSA) is 0 Å². The Morgan fingerprint density at radius 1 is 0.625 bits per heavy atom. The van der Waals surface area contributed by atoms with Gasteiger partial charge in [-0.05, 0) is 15.9 Å². The minimum atomic E-state index is -1.51. The third kappa shape index (κ3) is 3.91. The highest BCUT2D eigenvalue weighted by molar-refractivity contribution is 7.68. The lowest BCUT2D eigenvalue weighted by molar-refractivity contribution is 0.689. The van der Waals surface area contributed by atoms with E-state index in [0.29, 0.717) is 14.7 Å². The van der Waals surface area contributed by atoms with Crippen molar-refractivity contribution in [2.45, 2.75) is 95.5 Å². The van der Waals surface area contributed by atoms with E-state index in [-0.39, 0.29) is 7.92 Å². The Balaban J connectivity index is 4.03. The zero-order valence-electron chi connectivity index (χ0n) is 18.3. The maximum absolute atomic E-state index is 2.63. The van der Waals surface area contributed by atoms with Gasteiger partial charge in [-0.15, -0.1) is 0 Å². The molecule has 138 valence electrons. The van der Waals surface area contributed by atoms with Crippen molar-refractivity contribution in [2.75, 3.05) is 0 Å². The molecule has 0 unspecified atom stereocenters. The lowest BCUT2D eigenvalue weighted by Crippen LogP contribution is -2.65. The molecule has 0 amide bonds. The summed E-state index contributed by atoms with van der Waals surface area (Å²) in [5.41, 5.74) is 1.64. The number of rotatable bonds is 4. The Morgan fingerprint density at radius 3 is 1.21 bits per heavy atom. The summed E-state index contributed by atoms with van der Waals surface area (Å²) < 4.78 is 0.396. The van der Waals surface area contributed by atoms with Crippen LogP contribution in [0.5, 0.6) is 0 Å². The standard InChI is InChI=1S/C21H41PSi2/c1-19(2,3)22(20(4,5)6)21(23(7,8)9,24(10,11)12)18-16-14-13-15-17-18/h13-17H,1-12H3. The summed E-state index contributed by atoms with van der Waals surface area (Å²) in [5, 5.41) is 0.675. The fraction of sp³-hybridized carbons (Fsp3) is 0.714. The normalized spacial score (nSPS) is 15.0. The molecule has 0 aliphatic rings. The summed E-state index contributed by atoms with van der Waals surface area (Å²) in [6.07, 6.45) is 0. The van der Waals surface area contributed by atoms with Crippen molar-refractivity contribution in [3.8, 4) is 0 Å². The first kappa shape index (κ1) is 22.1. The summed E-state index contributed by atoms with van der Waals surface area (Å²) in [7, 11) is -3.23. The molecule has 0 spiro atoms. The first-order chi connectivity index (χ1) is 10.5. The minimum absolute atomic E-state index is 0.219. The maximum atomic E-state index is 2.63. The molecule has 24 heavy (non-hydrogen) atoms. The van der Waals surface area contributed by atoms with Crippen LogP contribution in [0.15, 0.2) is 30.3 Å². The van der Waals surface area contributed by atoms with Gasteiger partial charge in [0.1, 0.15) is 0 Å². The molecular formula is C21H41PSi2. The molecule has 3 heteroatoms. The maximum Gasteiger partial charge on any atom is 0.0577 e. The van der Waals surface area contributed by atoms with Crippen LogP contribution in [-0.4, -0.2) is 26.5 Å². The van der Waals surface area contributed by atoms with Gasteiger partial charge in [-0.2, -0.15) is 0 Å². The molecule has 1 rings (SSSR count). The Kier molecular flexibility index (Phi) is 6.15. The van der Waals surface area contributed by atoms with Crippen LogP contribution in [0.4, 0.5) is 0 Å². The third-order valence-electron chi connectivity index (χ3n) is 5.04. The van der Waals surface area contributed by atoms with Crippen LogP contribution >= 0.6 is 7.92 Å². The first-order valence-electron chi connectivity index (χ1n) is 9.33. The van der Waals surface area contributed by atoms with E-state index in [9.17, 15) is 0 Å². The van der Waals surface area contributed by atoms with E-state index in [2.05, 4.69) is 111 Å². The van der Waals surface area contributed by atoms with Crippen molar-refractivity contribution >= 4 is 24.1 Å². The second-order valence-corrected chi connectivity index (χ2v) is 27.1. The van der Waals surface area contributed by atoms with Gasteiger partial charge >= 0.3 is 0 Å². The van der Waals surface area contributed by atoms with Crippen molar-refractivity contribution < 1.29 is 0 Å². The molecule has 0 radical (unpaired) electrons. The Labute approximate surface area is 155 Å². The van der Waals surface area contributed by atoms with E-state index in [4.69, 9.17) is 0 Å². The van der Waals surface area contributed by atoms with E-state index < -0.39 is 16.1 Å². The van der Waals surface area contributed by atoms with Crippen LogP contribution in [0, 0.1) is 0 Å². The van der Waals surface area contributed by atoms with Crippen molar-refractivity contribution in [2.24, 2.45) is 0 Å². The lowest BCUT2D eigenvalue weighted by Gasteiger charge is -2.64. The van der Waals surface area contributed by atoms with Crippen LogP contribution in [-0.2, 0) is 4.40 Å². The van der Waals surface area contributed by atoms with Crippen LogP contribution in [0.25, 0.3) is 0 Å². The fourth-order valence-electron chi connectivity index (χ4n) is 5.48. The number of benzene rings is 1. The zero-order chi connectivity index (χ0) is 19.2. The van der Waals surface area contributed by atoms with Crippen molar-refractivity contribution in [1.82, 2.24) is 0 Å². The quantitative estimate of drug-likeness (QED) is 0.370. The monoisotopic (exact) mass is 380 g/mol. The number of hydrogen-bond acceptors (Lipinski definition) is 0. The zero-order valence-corrected chi connectivity index (χ0v) is 21.2. The van der Waals surface area contributed by atoms with Gasteiger partial charge in [-0.3, -0.25) is 0 Å². The van der Waals surface area contributed by atoms with Gasteiger partial charge < -0.3 is 0 Å². The second kappa shape index (κ2) is 6.67. The van der Waals surface area contributed by atoms with Crippen LogP contribution in [0.1, 0.15) is 47.1 Å². The minimum Gasteiger partial charge on any atom is -0.0904 e. The molecule has 0 aliphatic heterocycles. The lowest BCUT2D eigenvalue weighted by atomic mass is 10.2. The van der Waals surface area contributed by atoms with Crippen LogP contribution in [0.3, 0.4) is 0 Å². The predicted octanol–water partition coefficient (Wildman–Crippen LogP) is 7.72. The molecule has 0 saturated heterocycles. The largest absolute Gasteiger partial charge is 0.0904 e. The van der Waals surface area contributed by atoms with E-state index in [1.165, 1.54) is 0 Å². The van der Waals surface area contributed by atoms with Crippen LogP contribution < -0.4 is 0 Å². The summed E-state index contributed by atoms with van der Waals surface area (Å²) >= 11 is 0. The molecule has 0 aliphatic carbocycles. The van der Waals surface area contributed by atoms with Gasteiger partial charge in [-0.25, -0.2) is 0 Å². The molecule has 0 atom stereocenters. The highest BCUT2D eigenvalue weighted by Crippen LogP contribution is 2.75. The smallest absolute Gasteiger partial charge is 0.0577 e. The van der Waals surface area contributed by atoms with Gasteiger partial charge in [-0.1, -0.05) is 119 Å². The van der Waals surface area contributed by atoms with Gasteiger partial charge in [0.2, 0.25) is 0 Å². The predicted molar refractivity (Wildman–Crippen MR) is 121 cm³/mol. The molecule has 1 aromatic carbocycles. The third-order valence-corrected chi connectivity index (χ3v) is 23.4. The molecule has 0 heterocycles. The molecule has 0 nitrogen and oxygen atoms in total. The van der Waals surface area contributed by atoms with Gasteiger partial charge in [0.05, 0.1) is 16.1 Å². The van der Waals surface area contributed by atoms with Gasteiger partial charge in [0.15, 0.2) is 0 Å². The average Bonchev–Trinajstić information content (AvgIpc) is 2.30. The molecule has 1 aromatic rings. The van der Waals surface area contributed by atoms with Gasteiger partial charge in [0.25, 0.3) is 0 Å². The van der Waals surface area contributed by atoms with E-state index in [0.717, 1.165) is 0 Å². The molecule has 0 aromatic heterocycles. The van der Waals surface area contributed by atoms with Crippen LogP contribution in [0.2, 0.25) is 39.3 Å². The second-order valence-electron chi connectivity index (χ2n) is 11.3. The molecule has 0 bridgehead atoms. The Bertz CT molecular complexity index is 508. The van der Waals surface area contributed by atoms with Crippen molar-refractivity contribution in [1.29, 1.82) is 0 Å². The van der Waals surface area contributed by atoms with Gasteiger partial charge in [0, 0.05) is 4.40 Å². The summed E-state index contributed by atoms with van der Waals surface area (Å²) in [5.74, 6) is 0. The average molecular weight is 381 g/mol. The molecule has 0 fully saturated rings. The Morgan fingerprint density at radius 2 is 0.958 bits per heavy atom. The number of hydrogen-bond donors (Lipinski definition) is 0. The molecular weight excluding hydrogens is 339 g/mol. The SMILES string of the molecule is CC(C)(C)P(C(C)(C)C)C(c1ccccc1)([Si](C)(C)C)[Si](C)(C)C. The summed E-state index contributed by atoms with van der Waals surface area (Å²) in [6.45, 7) is 30.8. The molecule has 0 saturated carbocycles. The molecule has 0 N–H and O–H groups in total.